The zero-order valence-corrected chi connectivity index (χ0v) is 16.3. The highest BCUT2D eigenvalue weighted by molar-refractivity contribution is 5.87. The molecule has 2 N–H and O–H groups in total. The monoisotopic (exact) mass is 416 g/mol. The van der Waals surface area contributed by atoms with E-state index in [1.807, 2.05) is 36.4 Å². The number of ether oxygens (including phenoxy) is 1. The van der Waals surface area contributed by atoms with Crippen LogP contribution in [0.25, 0.3) is 11.1 Å². The first-order valence-electron chi connectivity index (χ1n) is 9.51. The Morgan fingerprint density at radius 2 is 1.74 bits per heavy atom. The van der Waals surface area contributed by atoms with Crippen LogP contribution in [0.2, 0.25) is 0 Å². The molecule has 0 spiro atoms. The number of carboxylic acids is 1. The van der Waals surface area contributed by atoms with E-state index < -0.39 is 23.6 Å². The number of fused-ring (bicyclic) bond motifs is 3. The molecule has 0 atom stereocenters. The van der Waals surface area contributed by atoms with Crippen molar-refractivity contribution in [2.45, 2.75) is 5.92 Å². The number of nitrogens with zero attached hydrogens (tertiary/aromatic N) is 1. The number of alkyl carbamates (subject to hydrolysis) is 1. The second-order valence-corrected chi connectivity index (χ2v) is 6.85. The number of carboxylic acid groups (broad SMARTS) is 1. The molecule has 0 aliphatic heterocycles. The Balaban J connectivity index is 1.35. The number of benzene rings is 2. The van der Waals surface area contributed by atoms with Gasteiger partial charge in [0.2, 0.25) is 5.95 Å². The largest absolute Gasteiger partial charge is 0.478 e. The van der Waals surface area contributed by atoms with Crippen molar-refractivity contribution < 1.29 is 23.8 Å². The minimum absolute atomic E-state index is 0.0174. The van der Waals surface area contributed by atoms with Gasteiger partial charge in [-0.05, 0) is 28.3 Å². The predicted octanol–water partition coefficient (Wildman–Crippen LogP) is 3.81. The molecule has 0 radical (unpaired) electrons. The van der Waals surface area contributed by atoms with Gasteiger partial charge in [-0.15, -0.1) is 0 Å². The van der Waals surface area contributed by atoms with Gasteiger partial charge >= 0.3 is 12.1 Å². The standard InChI is InChI=1S/C24H17FN2O4/c25-22-20(23(28)29)12-15(13-27-22)6-5-11-26-24(30)31-14-21-18-9-3-1-7-16(18)17-8-2-4-10-19(17)21/h1-4,7-10,12-13,21H,11,14H2,(H,26,30)(H,28,29). The van der Waals surface area contributed by atoms with Crippen molar-refractivity contribution in [2.24, 2.45) is 0 Å². The fraction of sp³-hybridized carbons (Fsp3) is 0.125. The first-order chi connectivity index (χ1) is 15.0. The summed E-state index contributed by atoms with van der Waals surface area (Å²) in [7, 11) is 0. The molecule has 4 rings (SSSR count). The third kappa shape index (κ3) is 4.23. The Morgan fingerprint density at radius 3 is 2.39 bits per heavy atom. The number of aromatic carboxylic acids is 1. The number of aromatic nitrogens is 1. The Bertz CT molecular complexity index is 1180. The van der Waals surface area contributed by atoms with Gasteiger partial charge in [-0.1, -0.05) is 60.4 Å². The molecule has 31 heavy (non-hydrogen) atoms. The molecule has 0 saturated heterocycles. The molecule has 0 unspecified atom stereocenters. The van der Waals surface area contributed by atoms with E-state index in [0.29, 0.717) is 0 Å². The van der Waals surface area contributed by atoms with Crippen LogP contribution in [0.15, 0.2) is 60.8 Å². The van der Waals surface area contributed by atoms with Gasteiger partial charge in [0.05, 0.1) is 6.54 Å². The van der Waals surface area contributed by atoms with Crippen LogP contribution in [0.3, 0.4) is 0 Å². The zero-order valence-electron chi connectivity index (χ0n) is 16.3. The van der Waals surface area contributed by atoms with E-state index >= 15 is 0 Å². The van der Waals surface area contributed by atoms with Crippen LogP contribution in [0.1, 0.15) is 33.0 Å². The predicted molar refractivity (Wildman–Crippen MR) is 111 cm³/mol. The summed E-state index contributed by atoms with van der Waals surface area (Å²) in [4.78, 5) is 26.4. The minimum atomic E-state index is -1.43. The van der Waals surface area contributed by atoms with Crippen molar-refractivity contribution in [2.75, 3.05) is 13.2 Å². The maximum atomic E-state index is 13.3. The Hall–Kier alpha value is -4.18. The Labute approximate surface area is 177 Å². The van der Waals surface area contributed by atoms with Crippen LogP contribution < -0.4 is 5.32 Å². The highest BCUT2D eigenvalue weighted by Crippen LogP contribution is 2.44. The average molecular weight is 416 g/mol. The number of pyridine rings is 1. The number of hydrogen-bond acceptors (Lipinski definition) is 4. The molecule has 1 aromatic heterocycles. The van der Waals surface area contributed by atoms with Crippen LogP contribution in [-0.4, -0.2) is 35.3 Å². The lowest BCUT2D eigenvalue weighted by Crippen LogP contribution is -2.26. The first kappa shape index (κ1) is 20.1. The lowest BCUT2D eigenvalue weighted by atomic mass is 9.98. The lowest BCUT2D eigenvalue weighted by Gasteiger charge is -2.14. The molecule has 1 aliphatic carbocycles. The van der Waals surface area contributed by atoms with E-state index in [4.69, 9.17) is 9.84 Å². The van der Waals surface area contributed by atoms with E-state index in [-0.39, 0.29) is 24.6 Å². The molecular weight excluding hydrogens is 399 g/mol. The van der Waals surface area contributed by atoms with E-state index in [1.54, 1.807) is 0 Å². The van der Waals surface area contributed by atoms with E-state index in [9.17, 15) is 14.0 Å². The summed E-state index contributed by atoms with van der Waals surface area (Å²) >= 11 is 0. The molecule has 1 heterocycles. The summed E-state index contributed by atoms with van der Waals surface area (Å²) in [6.45, 7) is 0.174. The number of rotatable bonds is 4. The Morgan fingerprint density at radius 1 is 1.10 bits per heavy atom. The van der Waals surface area contributed by atoms with Gasteiger partial charge in [-0.2, -0.15) is 4.39 Å². The van der Waals surface area contributed by atoms with Gasteiger partial charge in [-0.25, -0.2) is 14.6 Å². The third-order valence-corrected chi connectivity index (χ3v) is 4.97. The van der Waals surface area contributed by atoms with Crippen molar-refractivity contribution in [1.29, 1.82) is 0 Å². The van der Waals surface area contributed by atoms with Crippen LogP contribution in [0.5, 0.6) is 0 Å². The number of carbonyl (C=O) groups is 2. The summed E-state index contributed by atoms with van der Waals surface area (Å²) < 4.78 is 18.7. The normalized spacial score (nSPS) is 11.6. The average Bonchev–Trinajstić information content (AvgIpc) is 3.10. The second kappa shape index (κ2) is 8.67. The molecule has 1 amide bonds. The van der Waals surface area contributed by atoms with Gasteiger partial charge in [-0.3, -0.25) is 0 Å². The van der Waals surface area contributed by atoms with Crippen molar-refractivity contribution >= 4 is 12.1 Å². The van der Waals surface area contributed by atoms with Gasteiger partial charge in [0.25, 0.3) is 0 Å². The van der Waals surface area contributed by atoms with E-state index in [2.05, 4.69) is 34.3 Å². The van der Waals surface area contributed by atoms with Crippen LogP contribution >= 0.6 is 0 Å². The van der Waals surface area contributed by atoms with Gasteiger partial charge in [0.15, 0.2) is 0 Å². The topological polar surface area (TPSA) is 88.5 Å². The molecule has 0 bridgehead atoms. The molecule has 2 aromatic carbocycles. The molecule has 6 nitrogen and oxygen atoms in total. The lowest BCUT2D eigenvalue weighted by molar-refractivity contribution is 0.0690. The molecule has 7 heteroatoms. The second-order valence-electron chi connectivity index (χ2n) is 6.85. The third-order valence-electron chi connectivity index (χ3n) is 4.97. The summed E-state index contributed by atoms with van der Waals surface area (Å²) in [6, 6.07) is 17.2. The van der Waals surface area contributed by atoms with Gasteiger partial charge < -0.3 is 15.2 Å². The quantitative estimate of drug-likeness (QED) is 0.499. The number of carbonyl (C=O) groups excluding carboxylic acids is 1. The van der Waals surface area contributed by atoms with Crippen LogP contribution in [-0.2, 0) is 4.74 Å². The fourth-order valence-electron chi connectivity index (χ4n) is 3.58. The molecule has 1 aliphatic rings. The first-order valence-corrected chi connectivity index (χ1v) is 9.51. The maximum Gasteiger partial charge on any atom is 0.407 e. The smallest absolute Gasteiger partial charge is 0.407 e. The number of amides is 1. The van der Waals surface area contributed by atoms with Crippen molar-refractivity contribution in [1.82, 2.24) is 10.3 Å². The maximum absolute atomic E-state index is 13.3. The van der Waals surface area contributed by atoms with E-state index in [0.717, 1.165) is 34.5 Å². The number of nitrogens with one attached hydrogen (secondary N) is 1. The van der Waals surface area contributed by atoms with Gasteiger partial charge in [0.1, 0.15) is 12.2 Å². The molecule has 0 saturated carbocycles. The summed E-state index contributed by atoms with van der Waals surface area (Å²) in [5.74, 6) is 2.76. The fourth-order valence-corrected chi connectivity index (χ4v) is 3.58. The zero-order chi connectivity index (χ0) is 21.8. The number of hydrogen-bond donors (Lipinski definition) is 2. The summed E-state index contributed by atoms with van der Waals surface area (Å²) in [5.41, 5.74) is 4.20. The van der Waals surface area contributed by atoms with Crippen LogP contribution in [0.4, 0.5) is 9.18 Å². The van der Waals surface area contributed by atoms with Crippen molar-refractivity contribution in [3.05, 3.63) is 89.0 Å². The molecule has 0 fully saturated rings. The molecule has 154 valence electrons. The highest BCUT2D eigenvalue weighted by atomic mass is 19.1. The highest BCUT2D eigenvalue weighted by Gasteiger charge is 2.28. The van der Waals surface area contributed by atoms with Gasteiger partial charge in [0, 0.05) is 17.7 Å². The molecular formula is C24H17FN2O4. The summed E-state index contributed by atoms with van der Waals surface area (Å²) in [6.07, 6.45) is 0.516. The summed E-state index contributed by atoms with van der Waals surface area (Å²) in [5, 5.41) is 11.4. The molecule has 3 aromatic rings. The Kier molecular flexibility index (Phi) is 5.63. The SMILES string of the molecule is O=C(NCC#Cc1cnc(F)c(C(=O)O)c1)OCC1c2ccccc2-c2ccccc21. The van der Waals surface area contributed by atoms with E-state index in [1.165, 1.54) is 0 Å². The number of halogens is 1. The minimum Gasteiger partial charge on any atom is -0.478 e. The van der Waals surface area contributed by atoms with Crippen LogP contribution in [0, 0.1) is 17.8 Å². The van der Waals surface area contributed by atoms with Crippen molar-refractivity contribution in [3.63, 3.8) is 0 Å². The van der Waals surface area contributed by atoms with Crippen molar-refractivity contribution in [3.8, 4) is 23.0 Å².